The summed E-state index contributed by atoms with van der Waals surface area (Å²) in [5.41, 5.74) is 0.550. The predicted molar refractivity (Wildman–Crippen MR) is 80.3 cm³/mol. The minimum atomic E-state index is -0.488. The van der Waals surface area contributed by atoms with Gasteiger partial charge in [0.25, 0.3) is 0 Å². The topological polar surface area (TPSA) is 61.6 Å². The van der Waals surface area contributed by atoms with Gasteiger partial charge in [-0.25, -0.2) is 0 Å². The summed E-state index contributed by atoms with van der Waals surface area (Å²) in [6, 6.07) is 11.6. The van der Waals surface area contributed by atoms with Gasteiger partial charge < -0.3 is 9.47 Å². The summed E-state index contributed by atoms with van der Waals surface area (Å²) in [6.45, 7) is 2.41. The van der Waals surface area contributed by atoms with Gasteiger partial charge in [0, 0.05) is 18.0 Å². The highest BCUT2D eigenvalue weighted by atomic mass is 35.5. The Morgan fingerprint density at radius 2 is 1.95 bits per heavy atom. The third-order valence-corrected chi connectivity index (χ3v) is 3.03. The second-order valence-corrected chi connectivity index (χ2v) is 4.47. The molecule has 110 valence electrons. The first kappa shape index (κ1) is 15.1. The maximum Gasteiger partial charge on any atom is 0.311 e. The zero-order valence-corrected chi connectivity index (χ0v) is 12.2. The van der Waals surface area contributed by atoms with Gasteiger partial charge >= 0.3 is 5.69 Å². The maximum absolute atomic E-state index is 11.1. The van der Waals surface area contributed by atoms with Crippen LogP contribution in [0.15, 0.2) is 42.5 Å². The number of hydrogen-bond donors (Lipinski definition) is 0. The minimum Gasteiger partial charge on any atom is -0.494 e. The number of benzene rings is 2. The summed E-state index contributed by atoms with van der Waals surface area (Å²) in [7, 11) is 0. The van der Waals surface area contributed by atoms with Crippen LogP contribution in [-0.4, -0.2) is 11.5 Å². The molecule has 0 atom stereocenters. The van der Waals surface area contributed by atoms with Crippen LogP contribution in [0.5, 0.6) is 17.2 Å². The van der Waals surface area contributed by atoms with E-state index in [1.807, 2.05) is 6.92 Å². The Kier molecular flexibility index (Phi) is 5.00. The first-order valence-electron chi connectivity index (χ1n) is 6.38. The van der Waals surface area contributed by atoms with Crippen molar-refractivity contribution in [3.05, 3.63) is 58.1 Å². The smallest absolute Gasteiger partial charge is 0.311 e. The number of nitrogens with zero attached hydrogens (tertiary/aromatic N) is 1. The Hall–Kier alpha value is -2.27. The fourth-order valence-corrected chi connectivity index (χ4v) is 1.96. The van der Waals surface area contributed by atoms with Gasteiger partial charge in [-0.2, -0.15) is 0 Å². The van der Waals surface area contributed by atoms with Gasteiger partial charge in [-0.1, -0.05) is 12.1 Å². The van der Waals surface area contributed by atoms with E-state index in [0.29, 0.717) is 23.7 Å². The molecular formula is C15H14ClNO4. The monoisotopic (exact) mass is 307 g/mol. The standard InChI is InChI=1S/C15H14ClNO4/c1-2-20-12-4-3-5-13(9-12)21-15-7-6-11(10-16)8-14(15)17(18)19/h3-9H,2,10H2,1H3. The van der Waals surface area contributed by atoms with Gasteiger partial charge in [0.2, 0.25) is 5.75 Å². The molecule has 2 aromatic rings. The van der Waals surface area contributed by atoms with E-state index in [0.717, 1.165) is 0 Å². The van der Waals surface area contributed by atoms with Crippen molar-refractivity contribution in [3.63, 3.8) is 0 Å². The molecule has 0 aliphatic heterocycles. The van der Waals surface area contributed by atoms with E-state index >= 15 is 0 Å². The normalized spacial score (nSPS) is 10.2. The molecule has 0 saturated carbocycles. The van der Waals surface area contributed by atoms with Gasteiger partial charge in [-0.05, 0) is 30.7 Å². The number of hydrogen-bond acceptors (Lipinski definition) is 4. The number of halogens is 1. The number of alkyl halides is 1. The fourth-order valence-electron chi connectivity index (χ4n) is 1.80. The SMILES string of the molecule is CCOc1cccc(Oc2ccc(CCl)cc2[N+](=O)[O-])c1. The Morgan fingerprint density at radius 1 is 1.19 bits per heavy atom. The highest BCUT2D eigenvalue weighted by Crippen LogP contribution is 2.33. The summed E-state index contributed by atoms with van der Waals surface area (Å²) < 4.78 is 11.0. The van der Waals surface area contributed by atoms with Crippen molar-refractivity contribution >= 4 is 17.3 Å². The molecular weight excluding hydrogens is 294 g/mol. The summed E-state index contributed by atoms with van der Waals surface area (Å²) in [5, 5.41) is 11.1. The molecule has 0 aliphatic carbocycles. The van der Waals surface area contributed by atoms with Crippen molar-refractivity contribution in [2.75, 3.05) is 6.61 Å². The molecule has 0 amide bonds. The number of nitro groups is 1. The lowest BCUT2D eigenvalue weighted by molar-refractivity contribution is -0.385. The molecule has 0 aliphatic rings. The molecule has 6 heteroatoms. The molecule has 0 bridgehead atoms. The van der Waals surface area contributed by atoms with Crippen molar-refractivity contribution in [1.29, 1.82) is 0 Å². The van der Waals surface area contributed by atoms with E-state index in [4.69, 9.17) is 21.1 Å². The molecule has 21 heavy (non-hydrogen) atoms. The molecule has 0 heterocycles. The highest BCUT2D eigenvalue weighted by Gasteiger charge is 2.16. The van der Waals surface area contributed by atoms with Gasteiger partial charge in [0.05, 0.1) is 11.5 Å². The average Bonchev–Trinajstić information content (AvgIpc) is 2.48. The van der Waals surface area contributed by atoms with Crippen molar-refractivity contribution in [3.8, 4) is 17.2 Å². The number of nitro benzene ring substituents is 1. The zero-order chi connectivity index (χ0) is 15.2. The zero-order valence-electron chi connectivity index (χ0n) is 11.4. The predicted octanol–water partition coefficient (Wildman–Crippen LogP) is 4.52. The largest absolute Gasteiger partial charge is 0.494 e. The first-order valence-corrected chi connectivity index (χ1v) is 6.91. The Balaban J connectivity index is 2.30. The van der Waals surface area contributed by atoms with Crippen molar-refractivity contribution in [1.82, 2.24) is 0 Å². The molecule has 0 unspecified atom stereocenters. The van der Waals surface area contributed by atoms with E-state index in [-0.39, 0.29) is 17.3 Å². The molecule has 0 aromatic heterocycles. The van der Waals surface area contributed by atoms with Gasteiger partial charge in [-0.3, -0.25) is 10.1 Å². The Labute approximate surface area is 127 Å². The maximum atomic E-state index is 11.1. The van der Waals surface area contributed by atoms with Crippen molar-refractivity contribution < 1.29 is 14.4 Å². The van der Waals surface area contributed by atoms with Crippen molar-refractivity contribution in [2.24, 2.45) is 0 Å². The van der Waals surface area contributed by atoms with Gasteiger partial charge in [0.1, 0.15) is 11.5 Å². The Bertz CT molecular complexity index is 645. The summed E-state index contributed by atoms with van der Waals surface area (Å²) >= 11 is 5.69. The number of ether oxygens (including phenoxy) is 2. The van der Waals surface area contributed by atoms with Crippen LogP contribution in [0.4, 0.5) is 5.69 Å². The van der Waals surface area contributed by atoms with E-state index in [1.165, 1.54) is 6.07 Å². The molecule has 2 aromatic carbocycles. The first-order chi connectivity index (χ1) is 10.1. The minimum absolute atomic E-state index is 0.116. The lowest BCUT2D eigenvalue weighted by Crippen LogP contribution is -1.95. The lowest BCUT2D eigenvalue weighted by atomic mass is 10.2. The van der Waals surface area contributed by atoms with Crippen LogP contribution in [0.2, 0.25) is 0 Å². The molecule has 0 radical (unpaired) electrons. The van der Waals surface area contributed by atoms with E-state index in [9.17, 15) is 10.1 Å². The quantitative estimate of drug-likeness (QED) is 0.447. The third kappa shape index (κ3) is 3.86. The molecule has 0 fully saturated rings. The van der Waals surface area contributed by atoms with E-state index in [1.54, 1.807) is 36.4 Å². The molecule has 2 rings (SSSR count). The third-order valence-electron chi connectivity index (χ3n) is 2.72. The van der Waals surface area contributed by atoms with Crippen LogP contribution in [0.3, 0.4) is 0 Å². The molecule has 0 saturated heterocycles. The van der Waals surface area contributed by atoms with Crippen LogP contribution < -0.4 is 9.47 Å². The van der Waals surface area contributed by atoms with E-state index < -0.39 is 4.92 Å². The van der Waals surface area contributed by atoms with Crippen LogP contribution in [-0.2, 0) is 5.88 Å². The second-order valence-electron chi connectivity index (χ2n) is 4.20. The molecule has 5 nitrogen and oxygen atoms in total. The lowest BCUT2D eigenvalue weighted by Gasteiger charge is -2.09. The van der Waals surface area contributed by atoms with Crippen LogP contribution in [0.1, 0.15) is 12.5 Å². The second kappa shape index (κ2) is 6.95. The van der Waals surface area contributed by atoms with Gasteiger partial charge in [0.15, 0.2) is 0 Å². The Morgan fingerprint density at radius 3 is 2.62 bits per heavy atom. The highest BCUT2D eigenvalue weighted by molar-refractivity contribution is 6.17. The number of rotatable bonds is 6. The van der Waals surface area contributed by atoms with Crippen LogP contribution >= 0.6 is 11.6 Å². The van der Waals surface area contributed by atoms with E-state index in [2.05, 4.69) is 0 Å². The van der Waals surface area contributed by atoms with Crippen molar-refractivity contribution in [2.45, 2.75) is 12.8 Å². The summed E-state index contributed by atoms with van der Waals surface area (Å²) in [6.07, 6.45) is 0. The van der Waals surface area contributed by atoms with Crippen LogP contribution in [0.25, 0.3) is 0 Å². The fraction of sp³-hybridized carbons (Fsp3) is 0.200. The summed E-state index contributed by atoms with van der Waals surface area (Å²) in [5.74, 6) is 1.50. The van der Waals surface area contributed by atoms with Crippen LogP contribution in [0, 0.1) is 10.1 Å². The molecule has 0 N–H and O–H groups in total. The average molecular weight is 308 g/mol. The molecule has 0 spiro atoms. The van der Waals surface area contributed by atoms with Gasteiger partial charge in [-0.15, -0.1) is 11.6 Å². The summed E-state index contributed by atoms with van der Waals surface area (Å²) in [4.78, 5) is 10.6.